The fourth-order valence-electron chi connectivity index (χ4n) is 2.90. The standard InChI is InChI=1S/C22H28N4O2S/c1-15-19(20-23-12-13-26(20)5)29-21(24-15)25-18(27)7-6-14-28-17-10-8-16(9-11-17)22(2,3)4/h8-13H,6-7,14H2,1-5H3,(H,24,25,27). The first kappa shape index (κ1) is 21.0. The third-order valence-corrected chi connectivity index (χ3v) is 5.67. The van der Waals surface area contributed by atoms with Gasteiger partial charge in [-0.05, 0) is 36.5 Å². The molecule has 1 aromatic carbocycles. The van der Waals surface area contributed by atoms with E-state index in [1.807, 2.05) is 36.9 Å². The summed E-state index contributed by atoms with van der Waals surface area (Å²) in [6, 6.07) is 8.15. The van der Waals surface area contributed by atoms with Gasteiger partial charge in [0.05, 0.1) is 17.2 Å². The molecule has 2 heterocycles. The summed E-state index contributed by atoms with van der Waals surface area (Å²) < 4.78 is 7.70. The van der Waals surface area contributed by atoms with Crippen molar-refractivity contribution >= 4 is 22.4 Å². The highest BCUT2D eigenvalue weighted by Crippen LogP contribution is 2.31. The molecule has 7 heteroatoms. The van der Waals surface area contributed by atoms with Crippen LogP contribution in [0.1, 0.15) is 44.9 Å². The number of imidazole rings is 1. The lowest BCUT2D eigenvalue weighted by molar-refractivity contribution is -0.116. The van der Waals surface area contributed by atoms with Gasteiger partial charge in [0.2, 0.25) is 5.91 Å². The summed E-state index contributed by atoms with van der Waals surface area (Å²) >= 11 is 1.44. The van der Waals surface area contributed by atoms with Gasteiger partial charge in [0.1, 0.15) is 5.75 Å². The Kier molecular flexibility index (Phi) is 6.37. The Bertz CT molecular complexity index is 968. The van der Waals surface area contributed by atoms with E-state index >= 15 is 0 Å². The van der Waals surface area contributed by atoms with E-state index in [0.717, 1.165) is 22.1 Å². The SMILES string of the molecule is Cc1nc(NC(=O)CCCOc2ccc(C(C)(C)C)cc2)sc1-c1nccn1C. The number of nitrogens with one attached hydrogen (secondary N) is 1. The van der Waals surface area contributed by atoms with Crippen molar-refractivity contribution in [3.8, 4) is 16.5 Å². The first-order valence-electron chi connectivity index (χ1n) is 9.72. The number of thiazole rings is 1. The van der Waals surface area contributed by atoms with Crippen molar-refractivity contribution in [2.75, 3.05) is 11.9 Å². The van der Waals surface area contributed by atoms with Crippen LogP contribution in [0.15, 0.2) is 36.7 Å². The molecule has 0 atom stereocenters. The molecular formula is C22H28N4O2S. The van der Waals surface area contributed by atoms with Gasteiger partial charge >= 0.3 is 0 Å². The van der Waals surface area contributed by atoms with Gasteiger partial charge < -0.3 is 14.6 Å². The summed E-state index contributed by atoms with van der Waals surface area (Å²) in [5.74, 6) is 1.62. The minimum Gasteiger partial charge on any atom is -0.494 e. The number of rotatable bonds is 7. The van der Waals surface area contributed by atoms with E-state index in [2.05, 4.69) is 48.2 Å². The molecule has 6 nitrogen and oxygen atoms in total. The number of hydrogen-bond acceptors (Lipinski definition) is 5. The van der Waals surface area contributed by atoms with Crippen molar-refractivity contribution in [2.45, 2.75) is 46.0 Å². The van der Waals surface area contributed by atoms with Crippen LogP contribution in [-0.4, -0.2) is 27.0 Å². The molecule has 1 amide bonds. The summed E-state index contributed by atoms with van der Waals surface area (Å²) in [7, 11) is 1.94. The van der Waals surface area contributed by atoms with Gasteiger partial charge in [0, 0.05) is 25.9 Å². The van der Waals surface area contributed by atoms with Gasteiger partial charge in [-0.1, -0.05) is 44.2 Å². The summed E-state index contributed by atoms with van der Waals surface area (Å²) in [4.78, 5) is 22.0. The molecule has 2 aromatic heterocycles. The fraction of sp³-hybridized carbons (Fsp3) is 0.409. The lowest BCUT2D eigenvalue weighted by Crippen LogP contribution is -2.13. The van der Waals surface area contributed by atoms with Crippen LogP contribution in [0.5, 0.6) is 5.75 Å². The number of carbonyl (C=O) groups is 1. The van der Waals surface area contributed by atoms with Crippen LogP contribution < -0.4 is 10.1 Å². The number of ether oxygens (including phenoxy) is 1. The molecule has 0 spiro atoms. The van der Waals surface area contributed by atoms with Crippen LogP contribution in [-0.2, 0) is 17.3 Å². The first-order valence-corrected chi connectivity index (χ1v) is 10.5. The second-order valence-corrected chi connectivity index (χ2v) is 9.07. The number of nitrogens with zero attached hydrogens (tertiary/aromatic N) is 3. The highest BCUT2D eigenvalue weighted by atomic mass is 32.1. The number of anilines is 1. The molecule has 0 fully saturated rings. The molecule has 0 aliphatic carbocycles. The van der Waals surface area contributed by atoms with Crippen LogP contribution in [0.4, 0.5) is 5.13 Å². The zero-order valence-electron chi connectivity index (χ0n) is 17.7. The minimum absolute atomic E-state index is 0.0585. The topological polar surface area (TPSA) is 69.0 Å². The maximum Gasteiger partial charge on any atom is 0.226 e. The molecule has 0 aliphatic rings. The number of aryl methyl sites for hydroxylation is 2. The van der Waals surface area contributed by atoms with Gasteiger partial charge in [0.15, 0.2) is 11.0 Å². The molecule has 154 valence electrons. The first-order chi connectivity index (χ1) is 13.7. The third kappa shape index (κ3) is 5.44. The quantitative estimate of drug-likeness (QED) is 0.558. The number of amides is 1. The van der Waals surface area contributed by atoms with E-state index in [1.54, 1.807) is 6.20 Å². The monoisotopic (exact) mass is 412 g/mol. The molecule has 0 radical (unpaired) electrons. The smallest absolute Gasteiger partial charge is 0.226 e. The van der Waals surface area contributed by atoms with Crippen molar-refractivity contribution in [2.24, 2.45) is 7.05 Å². The predicted octanol–water partition coefficient (Wildman–Crippen LogP) is 4.95. The van der Waals surface area contributed by atoms with Gasteiger partial charge in [-0.2, -0.15) is 0 Å². The molecule has 0 aliphatic heterocycles. The van der Waals surface area contributed by atoms with Crippen molar-refractivity contribution < 1.29 is 9.53 Å². The molecule has 0 saturated carbocycles. The average molecular weight is 413 g/mol. The Morgan fingerprint density at radius 1 is 1.24 bits per heavy atom. The van der Waals surface area contributed by atoms with Gasteiger partial charge in [-0.15, -0.1) is 0 Å². The Morgan fingerprint density at radius 3 is 2.59 bits per heavy atom. The molecule has 3 aromatic rings. The zero-order valence-corrected chi connectivity index (χ0v) is 18.5. The normalized spacial score (nSPS) is 11.5. The van der Waals surface area contributed by atoms with E-state index in [9.17, 15) is 4.79 Å². The molecule has 1 N–H and O–H groups in total. The van der Waals surface area contributed by atoms with Gasteiger partial charge in [-0.3, -0.25) is 4.79 Å². The highest BCUT2D eigenvalue weighted by Gasteiger charge is 2.15. The number of aromatic nitrogens is 3. The Hall–Kier alpha value is -2.67. The van der Waals surface area contributed by atoms with Crippen LogP contribution in [0.3, 0.4) is 0 Å². The number of hydrogen-bond donors (Lipinski definition) is 1. The van der Waals surface area contributed by atoms with Crippen LogP contribution >= 0.6 is 11.3 Å². The average Bonchev–Trinajstić information content (AvgIpc) is 3.23. The predicted molar refractivity (Wildman–Crippen MR) is 118 cm³/mol. The molecule has 0 saturated heterocycles. The second kappa shape index (κ2) is 8.78. The third-order valence-electron chi connectivity index (χ3n) is 4.60. The molecule has 3 rings (SSSR count). The largest absolute Gasteiger partial charge is 0.494 e. The highest BCUT2D eigenvalue weighted by molar-refractivity contribution is 7.19. The van der Waals surface area contributed by atoms with Gasteiger partial charge in [0.25, 0.3) is 0 Å². The van der Waals surface area contributed by atoms with Crippen molar-refractivity contribution in [1.29, 1.82) is 0 Å². The van der Waals surface area contributed by atoms with Crippen LogP contribution in [0, 0.1) is 6.92 Å². The fourth-order valence-corrected chi connectivity index (χ4v) is 3.92. The minimum atomic E-state index is -0.0585. The van der Waals surface area contributed by atoms with E-state index in [-0.39, 0.29) is 11.3 Å². The molecule has 29 heavy (non-hydrogen) atoms. The van der Waals surface area contributed by atoms with Crippen molar-refractivity contribution in [3.05, 3.63) is 47.9 Å². The maximum absolute atomic E-state index is 12.2. The maximum atomic E-state index is 12.2. The Morgan fingerprint density at radius 2 is 1.97 bits per heavy atom. The molecule has 0 unspecified atom stereocenters. The van der Waals surface area contributed by atoms with E-state index < -0.39 is 0 Å². The van der Waals surface area contributed by atoms with Crippen LogP contribution in [0.25, 0.3) is 10.7 Å². The summed E-state index contributed by atoms with van der Waals surface area (Å²) in [6.45, 7) is 8.98. The van der Waals surface area contributed by atoms with Crippen LogP contribution in [0.2, 0.25) is 0 Å². The number of benzene rings is 1. The van der Waals surface area contributed by atoms with E-state index in [1.165, 1.54) is 16.9 Å². The summed E-state index contributed by atoms with van der Waals surface area (Å²) in [5, 5.41) is 3.48. The van der Waals surface area contributed by atoms with Crippen molar-refractivity contribution in [3.63, 3.8) is 0 Å². The van der Waals surface area contributed by atoms with E-state index in [4.69, 9.17) is 4.74 Å². The van der Waals surface area contributed by atoms with Crippen molar-refractivity contribution in [1.82, 2.24) is 14.5 Å². The molecule has 0 bridgehead atoms. The lowest BCUT2D eigenvalue weighted by atomic mass is 9.87. The second-order valence-electron chi connectivity index (χ2n) is 8.07. The zero-order chi connectivity index (χ0) is 21.0. The Labute approximate surface area is 176 Å². The van der Waals surface area contributed by atoms with E-state index in [0.29, 0.717) is 24.6 Å². The summed E-state index contributed by atoms with van der Waals surface area (Å²) in [6.07, 6.45) is 4.67. The summed E-state index contributed by atoms with van der Waals surface area (Å²) in [5.41, 5.74) is 2.26. The van der Waals surface area contributed by atoms with Gasteiger partial charge in [-0.25, -0.2) is 9.97 Å². The molecular weight excluding hydrogens is 384 g/mol. The lowest BCUT2D eigenvalue weighted by Gasteiger charge is -2.19. The Balaban J connectivity index is 1.45. The number of carbonyl (C=O) groups excluding carboxylic acids is 1.